The average Bonchev–Trinajstić information content (AvgIpc) is 3.10. The van der Waals surface area contributed by atoms with Crippen LogP contribution >= 0.6 is 0 Å². The highest BCUT2D eigenvalue weighted by atomic mass is 16.5. The maximum Gasteiger partial charge on any atom is 0.297 e. The van der Waals surface area contributed by atoms with Gasteiger partial charge < -0.3 is 4.74 Å². The van der Waals surface area contributed by atoms with Crippen molar-refractivity contribution in [2.45, 2.75) is 19.9 Å². The Bertz CT molecular complexity index is 1140. The highest BCUT2D eigenvalue weighted by Gasteiger charge is 2.12. The second kappa shape index (κ2) is 7.98. The smallest absolute Gasteiger partial charge is 0.297 e. The first kappa shape index (κ1) is 17.8. The number of hydrogen-bond donors (Lipinski definition) is 0. The summed E-state index contributed by atoms with van der Waals surface area (Å²) in [6.45, 7) is 3.41. The molecule has 4 nitrogen and oxygen atoms in total. The molecule has 1 aromatic heterocycles. The zero-order valence-corrected chi connectivity index (χ0v) is 15.8. The first-order valence-corrected chi connectivity index (χ1v) is 9.46. The fourth-order valence-corrected chi connectivity index (χ4v) is 3.31. The molecule has 3 aromatic carbocycles. The molecular formula is C24H21N3O. The van der Waals surface area contributed by atoms with Crippen LogP contribution in [-0.2, 0) is 6.54 Å². The number of fused-ring (bicyclic) bond motifs is 1. The summed E-state index contributed by atoms with van der Waals surface area (Å²) < 4.78 is 8.00. The standard InChI is InChI=1S/C24H21N3O/c1-2-15-28-24-26-22-9-5-6-10-23(22)27(24)17-18-11-13-19(14-12-18)21-8-4-3-7-20(21)16-25/h3-14H,2,15,17H2,1H3. The van der Waals surface area contributed by atoms with Gasteiger partial charge in [-0.1, -0.05) is 61.5 Å². The van der Waals surface area contributed by atoms with Crippen molar-refractivity contribution in [2.24, 2.45) is 0 Å². The fourth-order valence-electron chi connectivity index (χ4n) is 3.31. The summed E-state index contributed by atoms with van der Waals surface area (Å²) in [5.74, 6) is 0. The first-order valence-electron chi connectivity index (χ1n) is 9.46. The Morgan fingerprint density at radius 2 is 1.71 bits per heavy atom. The zero-order chi connectivity index (χ0) is 19.3. The number of aromatic nitrogens is 2. The molecule has 138 valence electrons. The van der Waals surface area contributed by atoms with Crippen molar-refractivity contribution in [3.8, 4) is 23.2 Å². The molecule has 0 saturated carbocycles. The second-order valence-corrected chi connectivity index (χ2v) is 6.67. The number of hydrogen-bond acceptors (Lipinski definition) is 3. The molecule has 4 aromatic rings. The van der Waals surface area contributed by atoms with E-state index in [9.17, 15) is 5.26 Å². The van der Waals surface area contributed by atoms with Gasteiger partial charge in [-0.2, -0.15) is 10.2 Å². The summed E-state index contributed by atoms with van der Waals surface area (Å²) in [4.78, 5) is 4.64. The lowest BCUT2D eigenvalue weighted by Crippen LogP contribution is -2.06. The Labute approximate surface area is 164 Å². The molecular weight excluding hydrogens is 346 g/mol. The predicted octanol–water partition coefficient (Wildman–Crippen LogP) is 5.41. The lowest BCUT2D eigenvalue weighted by atomic mass is 9.99. The van der Waals surface area contributed by atoms with Crippen LogP contribution in [0, 0.1) is 11.3 Å². The van der Waals surface area contributed by atoms with Crippen LogP contribution in [0.15, 0.2) is 72.8 Å². The highest BCUT2D eigenvalue weighted by molar-refractivity contribution is 5.77. The van der Waals surface area contributed by atoms with E-state index in [1.807, 2.05) is 42.5 Å². The van der Waals surface area contributed by atoms with E-state index in [0.717, 1.165) is 34.1 Å². The Hall–Kier alpha value is -3.58. The topological polar surface area (TPSA) is 50.8 Å². The fraction of sp³-hybridized carbons (Fsp3) is 0.167. The molecule has 4 rings (SSSR count). The third-order valence-corrected chi connectivity index (χ3v) is 4.71. The van der Waals surface area contributed by atoms with Gasteiger partial charge >= 0.3 is 0 Å². The number of ether oxygens (including phenoxy) is 1. The maximum atomic E-state index is 9.33. The molecule has 0 radical (unpaired) electrons. The van der Waals surface area contributed by atoms with Crippen molar-refractivity contribution < 1.29 is 4.74 Å². The minimum absolute atomic E-state index is 0.646. The molecule has 0 fully saturated rings. The second-order valence-electron chi connectivity index (χ2n) is 6.67. The molecule has 0 spiro atoms. The minimum Gasteiger partial charge on any atom is -0.465 e. The number of para-hydroxylation sites is 2. The van der Waals surface area contributed by atoms with Gasteiger partial charge in [0.15, 0.2) is 0 Å². The molecule has 0 bridgehead atoms. The normalized spacial score (nSPS) is 10.7. The molecule has 0 saturated heterocycles. The van der Waals surface area contributed by atoms with Crippen LogP contribution in [0.1, 0.15) is 24.5 Å². The molecule has 0 N–H and O–H groups in total. The van der Waals surface area contributed by atoms with E-state index in [4.69, 9.17) is 4.74 Å². The minimum atomic E-state index is 0.646. The Morgan fingerprint density at radius 3 is 2.50 bits per heavy atom. The molecule has 4 heteroatoms. The number of nitrogens with zero attached hydrogens (tertiary/aromatic N) is 3. The molecule has 28 heavy (non-hydrogen) atoms. The summed E-state index contributed by atoms with van der Waals surface area (Å²) in [7, 11) is 0. The van der Waals surface area contributed by atoms with Crippen LogP contribution in [0.5, 0.6) is 6.01 Å². The van der Waals surface area contributed by atoms with Crippen molar-refractivity contribution in [1.29, 1.82) is 5.26 Å². The van der Waals surface area contributed by atoms with E-state index in [1.165, 1.54) is 0 Å². The number of rotatable bonds is 6. The van der Waals surface area contributed by atoms with Crippen LogP contribution in [0.3, 0.4) is 0 Å². The SMILES string of the molecule is CCCOc1nc2ccccc2n1Cc1ccc(-c2ccccc2C#N)cc1. The maximum absolute atomic E-state index is 9.33. The van der Waals surface area contributed by atoms with Gasteiger partial charge in [-0.25, -0.2) is 0 Å². The monoisotopic (exact) mass is 367 g/mol. The quantitative estimate of drug-likeness (QED) is 0.458. The lowest BCUT2D eigenvalue weighted by Gasteiger charge is -2.11. The summed E-state index contributed by atoms with van der Waals surface area (Å²) in [5, 5.41) is 9.33. The van der Waals surface area contributed by atoms with Crippen molar-refractivity contribution in [3.63, 3.8) is 0 Å². The molecule has 0 aliphatic rings. The van der Waals surface area contributed by atoms with Crippen molar-refractivity contribution in [1.82, 2.24) is 9.55 Å². The van der Waals surface area contributed by atoms with Crippen LogP contribution in [0.2, 0.25) is 0 Å². The van der Waals surface area contributed by atoms with Crippen molar-refractivity contribution in [3.05, 3.63) is 83.9 Å². The summed E-state index contributed by atoms with van der Waals surface area (Å²) in [6.07, 6.45) is 0.941. The van der Waals surface area contributed by atoms with Crippen LogP contribution < -0.4 is 4.74 Å². The van der Waals surface area contributed by atoms with Gasteiger partial charge in [0, 0.05) is 0 Å². The Balaban J connectivity index is 1.66. The molecule has 0 atom stereocenters. The van der Waals surface area contributed by atoms with Gasteiger partial charge in [0.1, 0.15) is 0 Å². The van der Waals surface area contributed by atoms with E-state index in [2.05, 4.69) is 52.9 Å². The van der Waals surface area contributed by atoms with Gasteiger partial charge in [-0.05, 0) is 41.3 Å². The molecule has 0 amide bonds. The van der Waals surface area contributed by atoms with Gasteiger partial charge in [0.2, 0.25) is 0 Å². The molecule has 0 unspecified atom stereocenters. The van der Waals surface area contributed by atoms with E-state index < -0.39 is 0 Å². The molecule has 1 heterocycles. The lowest BCUT2D eigenvalue weighted by molar-refractivity contribution is 0.282. The summed E-state index contributed by atoms with van der Waals surface area (Å²) in [5.41, 5.74) is 5.84. The predicted molar refractivity (Wildman–Crippen MR) is 111 cm³/mol. The van der Waals surface area contributed by atoms with E-state index in [0.29, 0.717) is 24.7 Å². The van der Waals surface area contributed by atoms with Crippen LogP contribution in [-0.4, -0.2) is 16.2 Å². The van der Waals surface area contributed by atoms with Crippen molar-refractivity contribution >= 4 is 11.0 Å². The van der Waals surface area contributed by atoms with Gasteiger partial charge in [0.25, 0.3) is 6.01 Å². The van der Waals surface area contributed by atoms with Gasteiger partial charge in [0.05, 0.1) is 35.8 Å². The van der Waals surface area contributed by atoms with Crippen LogP contribution in [0.25, 0.3) is 22.2 Å². The molecule has 0 aliphatic heterocycles. The summed E-state index contributed by atoms with van der Waals surface area (Å²) in [6, 6.07) is 27.0. The molecule has 0 aliphatic carbocycles. The number of imidazole rings is 1. The largest absolute Gasteiger partial charge is 0.465 e. The third kappa shape index (κ3) is 3.47. The summed E-state index contributed by atoms with van der Waals surface area (Å²) >= 11 is 0. The highest BCUT2D eigenvalue weighted by Crippen LogP contribution is 2.26. The van der Waals surface area contributed by atoms with E-state index in [1.54, 1.807) is 0 Å². The van der Waals surface area contributed by atoms with Gasteiger partial charge in [-0.15, -0.1) is 0 Å². The number of benzene rings is 3. The van der Waals surface area contributed by atoms with E-state index in [-0.39, 0.29) is 0 Å². The van der Waals surface area contributed by atoms with Crippen LogP contribution in [0.4, 0.5) is 0 Å². The Kier molecular flexibility index (Phi) is 5.07. The van der Waals surface area contributed by atoms with E-state index >= 15 is 0 Å². The van der Waals surface area contributed by atoms with Gasteiger partial charge in [-0.3, -0.25) is 4.57 Å². The average molecular weight is 367 g/mol. The number of nitriles is 1. The third-order valence-electron chi connectivity index (χ3n) is 4.71. The first-order chi connectivity index (χ1) is 13.8. The van der Waals surface area contributed by atoms with Crippen molar-refractivity contribution in [2.75, 3.05) is 6.61 Å². The Morgan fingerprint density at radius 1 is 0.964 bits per heavy atom. The zero-order valence-electron chi connectivity index (χ0n) is 15.8.